The van der Waals surface area contributed by atoms with Gasteiger partial charge in [-0.2, -0.15) is 0 Å². The van der Waals surface area contributed by atoms with Crippen molar-refractivity contribution in [3.05, 3.63) is 11.6 Å². The summed E-state index contributed by atoms with van der Waals surface area (Å²) in [6, 6.07) is 0. The Kier molecular flexibility index (Phi) is 4.78. The second kappa shape index (κ2) is 6.88. The SMILES string of the molecule is CCN1CC23C(=CCC[C@@]45C[C@H](OC)[C@@H](CC24)C5=O)[C@](COC)(CC[C@@H]3OC)C1. The topological polar surface area (TPSA) is 48.0 Å². The normalized spacial score (nSPS) is 48.8. The summed E-state index contributed by atoms with van der Waals surface area (Å²) in [5.74, 6) is 0.931. The minimum absolute atomic E-state index is 0.0646. The Labute approximate surface area is 175 Å². The molecule has 3 saturated carbocycles. The van der Waals surface area contributed by atoms with E-state index in [9.17, 15) is 4.79 Å². The first kappa shape index (κ1) is 20.2. The fourth-order valence-electron chi connectivity index (χ4n) is 8.64. The van der Waals surface area contributed by atoms with Gasteiger partial charge in [-0.15, -0.1) is 0 Å². The van der Waals surface area contributed by atoms with Crippen LogP contribution >= 0.6 is 0 Å². The third-order valence-electron chi connectivity index (χ3n) is 9.56. The highest BCUT2D eigenvalue weighted by atomic mass is 16.5. The zero-order chi connectivity index (χ0) is 20.4. The maximum atomic E-state index is 13.6. The van der Waals surface area contributed by atoms with Crippen molar-refractivity contribution in [1.29, 1.82) is 0 Å². The third-order valence-corrected chi connectivity index (χ3v) is 9.56. The molecule has 1 aliphatic heterocycles. The molecule has 7 atom stereocenters. The summed E-state index contributed by atoms with van der Waals surface area (Å²) < 4.78 is 17.9. The van der Waals surface area contributed by atoms with E-state index in [0.29, 0.717) is 11.7 Å². The number of carbonyl (C=O) groups excluding carboxylic acids is 1. The van der Waals surface area contributed by atoms with E-state index in [0.717, 1.165) is 64.8 Å². The van der Waals surface area contributed by atoms with Crippen molar-refractivity contribution >= 4 is 5.78 Å². The summed E-state index contributed by atoms with van der Waals surface area (Å²) in [7, 11) is 5.51. The number of nitrogens with zero attached hydrogens (tertiary/aromatic N) is 1. The van der Waals surface area contributed by atoms with Crippen LogP contribution in [0.1, 0.15) is 45.4 Å². The lowest BCUT2D eigenvalue weighted by Crippen LogP contribution is -2.67. The van der Waals surface area contributed by atoms with Gasteiger partial charge in [-0.3, -0.25) is 4.79 Å². The summed E-state index contributed by atoms with van der Waals surface area (Å²) in [6.07, 6.45) is 8.83. The van der Waals surface area contributed by atoms with Gasteiger partial charge in [0.05, 0.1) is 18.8 Å². The molecule has 162 valence electrons. The van der Waals surface area contributed by atoms with Gasteiger partial charge >= 0.3 is 0 Å². The predicted octanol–water partition coefficient (Wildman–Crippen LogP) is 3.08. The molecule has 5 nitrogen and oxygen atoms in total. The zero-order valence-corrected chi connectivity index (χ0v) is 18.5. The van der Waals surface area contributed by atoms with Crippen LogP contribution in [-0.4, -0.2) is 70.5 Å². The Hall–Kier alpha value is -0.750. The Balaban J connectivity index is 1.68. The second-order valence-electron chi connectivity index (χ2n) is 10.4. The van der Waals surface area contributed by atoms with Crippen molar-refractivity contribution in [3.63, 3.8) is 0 Å². The van der Waals surface area contributed by atoms with Gasteiger partial charge in [0.1, 0.15) is 5.78 Å². The molecule has 1 spiro atoms. The number of carbonyl (C=O) groups is 1. The molecular formula is C24H37NO4. The van der Waals surface area contributed by atoms with Crippen LogP contribution in [0.5, 0.6) is 0 Å². The van der Waals surface area contributed by atoms with Gasteiger partial charge in [0.15, 0.2) is 0 Å². The number of hydrogen-bond donors (Lipinski definition) is 0. The second-order valence-corrected chi connectivity index (χ2v) is 10.4. The number of Topliss-reactive ketones (excluding diaryl/α,β-unsaturated/α-hetero) is 1. The van der Waals surface area contributed by atoms with Gasteiger partial charge in [0, 0.05) is 56.6 Å². The van der Waals surface area contributed by atoms with E-state index in [1.165, 1.54) is 0 Å². The molecular weight excluding hydrogens is 366 g/mol. The molecule has 2 unspecified atom stereocenters. The highest BCUT2D eigenvalue weighted by molar-refractivity contribution is 5.93. The van der Waals surface area contributed by atoms with Crippen LogP contribution in [-0.2, 0) is 19.0 Å². The Morgan fingerprint density at radius 1 is 1.17 bits per heavy atom. The van der Waals surface area contributed by atoms with Gasteiger partial charge < -0.3 is 19.1 Å². The molecule has 5 rings (SSSR count). The van der Waals surface area contributed by atoms with Crippen molar-refractivity contribution in [3.8, 4) is 0 Å². The van der Waals surface area contributed by atoms with Crippen LogP contribution in [0.15, 0.2) is 11.6 Å². The standard InChI is InChI=1S/C24H37NO4/c1-5-25-13-22(15-27-2)10-8-20(29-4)24(14-25)18(22)7-6-9-23-12-17(28-3)16(21(23)26)11-19(23)24/h7,16-17,19-20H,5-6,8-15H2,1-4H3/t16-,17+,19?,20+,22-,23-,24?/m1/s1. The average Bonchev–Trinajstić information content (AvgIpc) is 3.08. The van der Waals surface area contributed by atoms with Crippen LogP contribution < -0.4 is 0 Å². The molecule has 4 bridgehead atoms. The lowest BCUT2D eigenvalue weighted by Gasteiger charge is -2.64. The van der Waals surface area contributed by atoms with Crippen LogP contribution in [0.25, 0.3) is 0 Å². The first-order chi connectivity index (χ1) is 14.0. The number of ketones is 1. The first-order valence-corrected chi connectivity index (χ1v) is 11.5. The first-order valence-electron chi connectivity index (χ1n) is 11.5. The van der Waals surface area contributed by atoms with Crippen molar-refractivity contribution in [1.82, 2.24) is 4.90 Å². The number of rotatable bonds is 5. The lowest BCUT2D eigenvalue weighted by molar-refractivity contribution is -0.156. The maximum absolute atomic E-state index is 13.6. The van der Waals surface area contributed by atoms with Crippen LogP contribution in [0.2, 0.25) is 0 Å². The van der Waals surface area contributed by atoms with Gasteiger partial charge in [-0.1, -0.05) is 18.6 Å². The molecule has 29 heavy (non-hydrogen) atoms. The van der Waals surface area contributed by atoms with Crippen molar-refractivity contribution in [2.75, 3.05) is 47.6 Å². The highest BCUT2D eigenvalue weighted by Crippen LogP contribution is 2.71. The van der Waals surface area contributed by atoms with Crippen LogP contribution in [0, 0.1) is 28.1 Å². The fraction of sp³-hybridized carbons (Fsp3) is 0.875. The number of ether oxygens (including phenoxy) is 3. The average molecular weight is 404 g/mol. The molecule has 5 aliphatic rings. The largest absolute Gasteiger partial charge is 0.384 e. The van der Waals surface area contributed by atoms with E-state index in [2.05, 4.69) is 17.9 Å². The van der Waals surface area contributed by atoms with Crippen molar-refractivity contribution in [2.24, 2.45) is 28.1 Å². The Morgan fingerprint density at radius 2 is 2.00 bits per heavy atom. The molecule has 0 amide bonds. The van der Waals surface area contributed by atoms with E-state index >= 15 is 0 Å². The molecule has 4 fully saturated rings. The fourth-order valence-corrected chi connectivity index (χ4v) is 8.64. The number of fused-ring (bicyclic) bond motifs is 1. The maximum Gasteiger partial charge on any atom is 0.145 e. The minimum Gasteiger partial charge on any atom is -0.384 e. The number of piperidine rings is 1. The molecule has 0 aromatic heterocycles. The molecule has 0 aromatic rings. The zero-order valence-electron chi connectivity index (χ0n) is 18.5. The van der Waals surface area contributed by atoms with Gasteiger partial charge in [-0.25, -0.2) is 0 Å². The van der Waals surface area contributed by atoms with Crippen LogP contribution in [0.3, 0.4) is 0 Å². The number of hydrogen-bond acceptors (Lipinski definition) is 5. The van der Waals surface area contributed by atoms with E-state index in [-0.39, 0.29) is 34.4 Å². The van der Waals surface area contributed by atoms with E-state index in [4.69, 9.17) is 14.2 Å². The molecule has 5 heteroatoms. The van der Waals surface area contributed by atoms with Gasteiger partial charge in [0.25, 0.3) is 0 Å². The van der Waals surface area contributed by atoms with E-state index in [1.807, 2.05) is 14.2 Å². The number of likely N-dealkylation sites (tertiary alicyclic amines) is 1. The van der Waals surface area contributed by atoms with Crippen molar-refractivity contribution in [2.45, 2.75) is 57.7 Å². The lowest BCUT2D eigenvalue weighted by atomic mass is 9.47. The smallest absolute Gasteiger partial charge is 0.145 e. The van der Waals surface area contributed by atoms with Gasteiger partial charge in [0.2, 0.25) is 0 Å². The van der Waals surface area contributed by atoms with Crippen molar-refractivity contribution < 1.29 is 19.0 Å². The van der Waals surface area contributed by atoms with Gasteiger partial charge in [-0.05, 0) is 51.0 Å². The van der Waals surface area contributed by atoms with E-state index < -0.39 is 0 Å². The quantitative estimate of drug-likeness (QED) is 0.660. The summed E-state index contributed by atoms with van der Waals surface area (Å²) >= 11 is 0. The van der Waals surface area contributed by atoms with Crippen LogP contribution in [0.4, 0.5) is 0 Å². The summed E-state index contributed by atoms with van der Waals surface area (Å²) in [5, 5.41) is 0. The third kappa shape index (κ3) is 2.39. The van der Waals surface area contributed by atoms with E-state index in [1.54, 1.807) is 12.7 Å². The Morgan fingerprint density at radius 3 is 2.69 bits per heavy atom. The molecule has 4 aliphatic carbocycles. The highest BCUT2D eigenvalue weighted by Gasteiger charge is 2.73. The monoisotopic (exact) mass is 403 g/mol. The summed E-state index contributed by atoms with van der Waals surface area (Å²) in [6.45, 7) is 6.16. The molecule has 1 saturated heterocycles. The number of allylic oxidation sites excluding steroid dienone is 1. The summed E-state index contributed by atoms with van der Waals surface area (Å²) in [5.41, 5.74) is 1.34. The molecule has 0 aromatic carbocycles. The molecule has 1 heterocycles. The summed E-state index contributed by atoms with van der Waals surface area (Å²) in [4.78, 5) is 16.3. The predicted molar refractivity (Wildman–Crippen MR) is 111 cm³/mol. The Bertz CT molecular complexity index is 722. The number of methoxy groups -OCH3 is 3. The molecule has 0 N–H and O–H groups in total. The minimum atomic E-state index is -0.229. The molecule has 0 radical (unpaired) electrons.